The predicted molar refractivity (Wildman–Crippen MR) is 95.9 cm³/mol. The molecule has 2 saturated heterocycles. The number of nitrogens with one attached hydrogen (secondary N) is 2. The van der Waals surface area contributed by atoms with E-state index in [-0.39, 0.29) is 12.1 Å². The average molecular weight is 334 g/mol. The van der Waals surface area contributed by atoms with Crippen molar-refractivity contribution in [3.05, 3.63) is 29.8 Å². The van der Waals surface area contributed by atoms with Crippen LogP contribution in [0.15, 0.2) is 29.2 Å². The van der Waals surface area contributed by atoms with Gasteiger partial charge >= 0.3 is 6.03 Å². The summed E-state index contributed by atoms with van der Waals surface area (Å²) in [5, 5.41) is 6.24. The van der Waals surface area contributed by atoms with E-state index in [2.05, 4.69) is 46.1 Å². The molecule has 0 radical (unpaired) electrons. The normalized spacial score (nSPS) is 25.7. The van der Waals surface area contributed by atoms with Crippen LogP contribution in [0.25, 0.3) is 0 Å². The lowest BCUT2D eigenvalue weighted by Gasteiger charge is -2.35. The second-order valence-corrected chi connectivity index (χ2v) is 7.55. The zero-order valence-corrected chi connectivity index (χ0v) is 14.9. The van der Waals surface area contributed by atoms with E-state index in [1.54, 1.807) is 11.8 Å². The van der Waals surface area contributed by atoms with Gasteiger partial charge in [0.15, 0.2) is 0 Å². The minimum absolute atomic E-state index is 0.0254. The summed E-state index contributed by atoms with van der Waals surface area (Å²) >= 11 is 1.73. The van der Waals surface area contributed by atoms with Crippen LogP contribution in [-0.2, 0) is 0 Å². The van der Waals surface area contributed by atoms with Gasteiger partial charge in [0, 0.05) is 23.5 Å². The number of hydrogen-bond donors (Lipinski definition) is 2. The fourth-order valence-electron chi connectivity index (χ4n) is 3.76. The van der Waals surface area contributed by atoms with E-state index in [4.69, 9.17) is 0 Å². The van der Waals surface area contributed by atoms with Crippen LogP contribution in [0, 0.1) is 0 Å². The van der Waals surface area contributed by atoms with Crippen molar-refractivity contribution in [1.29, 1.82) is 0 Å². The highest BCUT2D eigenvalue weighted by molar-refractivity contribution is 7.98. The molecule has 0 aromatic heterocycles. The van der Waals surface area contributed by atoms with E-state index < -0.39 is 0 Å². The molecule has 1 aromatic rings. The highest BCUT2D eigenvalue weighted by atomic mass is 32.2. The molecule has 4 nitrogen and oxygen atoms in total. The number of hydrogen-bond acceptors (Lipinski definition) is 3. The molecular formula is C18H27N3OS. The maximum atomic E-state index is 12.3. The lowest BCUT2D eigenvalue weighted by Crippen LogP contribution is -2.50. The number of urea groups is 1. The van der Waals surface area contributed by atoms with Crippen molar-refractivity contribution in [3.8, 4) is 0 Å². The molecule has 2 amide bonds. The summed E-state index contributed by atoms with van der Waals surface area (Å²) in [5.41, 5.74) is 1.14. The minimum atomic E-state index is -0.0390. The molecule has 0 spiro atoms. The van der Waals surface area contributed by atoms with Gasteiger partial charge in [0.1, 0.15) is 0 Å². The molecule has 0 saturated carbocycles. The quantitative estimate of drug-likeness (QED) is 0.830. The highest BCUT2D eigenvalue weighted by Gasteiger charge is 2.32. The van der Waals surface area contributed by atoms with Gasteiger partial charge in [0.25, 0.3) is 0 Å². The molecule has 2 N–H and O–H groups in total. The van der Waals surface area contributed by atoms with E-state index in [0.29, 0.717) is 12.1 Å². The fraction of sp³-hybridized carbons (Fsp3) is 0.611. The molecule has 2 aliphatic heterocycles. The monoisotopic (exact) mass is 333 g/mol. The Labute approximate surface area is 143 Å². The summed E-state index contributed by atoms with van der Waals surface area (Å²) in [7, 11) is 0. The maximum Gasteiger partial charge on any atom is 0.315 e. The zero-order chi connectivity index (χ0) is 16.2. The molecule has 126 valence electrons. The second kappa shape index (κ2) is 7.58. The van der Waals surface area contributed by atoms with E-state index in [0.717, 1.165) is 24.9 Å². The molecule has 23 heavy (non-hydrogen) atoms. The van der Waals surface area contributed by atoms with Gasteiger partial charge in [-0.1, -0.05) is 12.1 Å². The van der Waals surface area contributed by atoms with Gasteiger partial charge in [0.2, 0.25) is 0 Å². The minimum Gasteiger partial charge on any atom is -0.335 e. The SMILES string of the molecule is CSc1ccc([C@H](C)NC(=O)NC2CCN3CCCC3C2)cc1. The molecule has 2 unspecified atom stereocenters. The Hall–Kier alpha value is -1.20. The first-order chi connectivity index (χ1) is 11.2. The van der Waals surface area contributed by atoms with Gasteiger partial charge in [-0.2, -0.15) is 0 Å². The highest BCUT2D eigenvalue weighted by Crippen LogP contribution is 2.26. The van der Waals surface area contributed by atoms with Crippen LogP contribution in [0.2, 0.25) is 0 Å². The first kappa shape index (κ1) is 16.7. The number of thioether (sulfide) groups is 1. The summed E-state index contributed by atoms with van der Waals surface area (Å²) in [4.78, 5) is 16.1. The van der Waals surface area contributed by atoms with Gasteiger partial charge in [-0.25, -0.2) is 4.79 Å². The third-order valence-electron chi connectivity index (χ3n) is 5.12. The number of fused-ring (bicyclic) bond motifs is 1. The standard InChI is InChI=1S/C18H27N3OS/c1-13(14-5-7-17(23-2)8-6-14)19-18(22)20-15-9-11-21-10-3-4-16(21)12-15/h5-8,13,15-16H,3-4,9-12H2,1-2H3,(H2,19,20,22)/t13-,15?,16?/m0/s1. The van der Waals surface area contributed by atoms with Crippen LogP contribution >= 0.6 is 11.8 Å². The number of benzene rings is 1. The first-order valence-corrected chi connectivity index (χ1v) is 9.83. The molecule has 3 rings (SSSR count). The molecule has 2 heterocycles. The summed E-state index contributed by atoms with van der Waals surface area (Å²) in [6, 6.07) is 9.38. The number of carbonyl (C=O) groups is 1. The Morgan fingerprint density at radius 1 is 1.26 bits per heavy atom. The summed E-state index contributed by atoms with van der Waals surface area (Å²) in [6.07, 6.45) is 6.84. The largest absolute Gasteiger partial charge is 0.335 e. The van der Waals surface area contributed by atoms with Crippen LogP contribution in [0.1, 0.15) is 44.2 Å². The number of piperidine rings is 1. The summed E-state index contributed by atoms with van der Waals surface area (Å²) in [6.45, 7) is 4.40. The lowest BCUT2D eigenvalue weighted by atomic mass is 9.98. The third kappa shape index (κ3) is 4.21. The van der Waals surface area contributed by atoms with Crippen molar-refractivity contribution in [1.82, 2.24) is 15.5 Å². The van der Waals surface area contributed by atoms with Gasteiger partial charge in [-0.15, -0.1) is 11.8 Å². The summed E-state index contributed by atoms with van der Waals surface area (Å²) < 4.78 is 0. The summed E-state index contributed by atoms with van der Waals surface area (Å²) in [5.74, 6) is 0. The molecule has 0 bridgehead atoms. The number of amides is 2. The lowest BCUT2D eigenvalue weighted by molar-refractivity contribution is 0.166. The van der Waals surface area contributed by atoms with E-state index >= 15 is 0 Å². The van der Waals surface area contributed by atoms with Gasteiger partial charge < -0.3 is 15.5 Å². The van der Waals surface area contributed by atoms with Crippen LogP contribution in [0.4, 0.5) is 4.79 Å². The van der Waals surface area contributed by atoms with Gasteiger partial charge in [-0.3, -0.25) is 0 Å². The number of carbonyl (C=O) groups excluding carboxylic acids is 1. The van der Waals surface area contributed by atoms with Crippen LogP contribution in [-0.4, -0.2) is 42.4 Å². The fourth-order valence-corrected chi connectivity index (χ4v) is 4.16. The zero-order valence-electron chi connectivity index (χ0n) is 14.0. The first-order valence-electron chi connectivity index (χ1n) is 8.60. The van der Waals surface area contributed by atoms with E-state index in [9.17, 15) is 4.79 Å². The topological polar surface area (TPSA) is 44.4 Å². The van der Waals surface area contributed by atoms with Crippen molar-refractivity contribution in [2.75, 3.05) is 19.3 Å². The van der Waals surface area contributed by atoms with Crippen LogP contribution in [0.5, 0.6) is 0 Å². The average Bonchev–Trinajstić information content (AvgIpc) is 3.02. The smallest absolute Gasteiger partial charge is 0.315 e. The molecule has 0 aliphatic carbocycles. The van der Waals surface area contributed by atoms with E-state index in [1.165, 1.54) is 24.3 Å². The van der Waals surface area contributed by atoms with Crippen molar-refractivity contribution in [2.45, 2.75) is 55.6 Å². The molecule has 1 aromatic carbocycles. The van der Waals surface area contributed by atoms with Gasteiger partial charge in [-0.05, 0) is 63.1 Å². The predicted octanol–water partition coefficient (Wildman–Crippen LogP) is 3.40. The number of rotatable bonds is 4. The third-order valence-corrected chi connectivity index (χ3v) is 5.86. The second-order valence-electron chi connectivity index (χ2n) is 6.67. The Kier molecular flexibility index (Phi) is 5.49. The van der Waals surface area contributed by atoms with E-state index in [1.807, 2.05) is 6.92 Å². The van der Waals surface area contributed by atoms with Gasteiger partial charge in [0.05, 0.1) is 6.04 Å². The van der Waals surface area contributed by atoms with Crippen molar-refractivity contribution >= 4 is 17.8 Å². The van der Waals surface area contributed by atoms with Crippen LogP contribution in [0.3, 0.4) is 0 Å². The molecule has 2 fully saturated rings. The Morgan fingerprint density at radius 2 is 2.04 bits per heavy atom. The van der Waals surface area contributed by atoms with Crippen molar-refractivity contribution < 1.29 is 4.79 Å². The Bertz CT molecular complexity index is 534. The Morgan fingerprint density at radius 3 is 2.78 bits per heavy atom. The molecule has 5 heteroatoms. The molecule has 2 aliphatic rings. The van der Waals surface area contributed by atoms with Crippen molar-refractivity contribution in [2.24, 2.45) is 0 Å². The Balaban J connectivity index is 1.48. The van der Waals surface area contributed by atoms with Crippen molar-refractivity contribution in [3.63, 3.8) is 0 Å². The molecule has 3 atom stereocenters. The number of nitrogens with zero attached hydrogens (tertiary/aromatic N) is 1. The maximum absolute atomic E-state index is 12.3. The molecular weight excluding hydrogens is 306 g/mol. The van der Waals surface area contributed by atoms with Crippen LogP contribution < -0.4 is 10.6 Å².